The van der Waals surface area contributed by atoms with Crippen LogP contribution in [0.4, 0.5) is 0 Å². The van der Waals surface area contributed by atoms with Crippen molar-refractivity contribution in [3.8, 4) is 5.75 Å². The number of hydrogen-bond donors (Lipinski definition) is 1. The van der Waals surface area contributed by atoms with Crippen LogP contribution in [0.5, 0.6) is 5.75 Å². The summed E-state index contributed by atoms with van der Waals surface area (Å²) in [5, 5.41) is 3.68. The normalized spacial score (nSPS) is 14.7. The maximum atomic E-state index is 12.3. The van der Waals surface area contributed by atoms with E-state index in [2.05, 4.69) is 5.32 Å². The Morgan fingerprint density at radius 1 is 1.07 bits per heavy atom. The first-order chi connectivity index (χ1) is 13.0. The molecule has 0 atom stereocenters. The number of carbonyl (C=O) groups is 2. The van der Waals surface area contributed by atoms with E-state index >= 15 is 0 Å². The summed E-state index contributed by atoms with van der Waals surface area (Å²) in [6.07, 6.45) is 1.48. The van der Waals surface area contributed by atoms with Crippen LogP contribution in [-0.2, 0) is 4.79 Å². The van der Waals surface area contributed by atoms with E-state index in [1.54, 1.807) is 29.2 Å². The summed E-state index contributed by atoms with van der Waals surface area (Å²) in [6.45, 7) is 3.22. The number of piperidine rings is 1. The van der Waals surface area contributed by atoms with Gasteiger partial charge in [0.2, 0.25) is 0 Å². The van der Waals surface area contributed by atoms with Crippen LogP contribution in [0, 0.1) is 6.92 Å². The zero-order valence-electron chi connectivity index (χ0n) is 15.3. The molecule has 2 aromatic rings. The fourth-order valence-corrected chi connectivity index (χ4v) is 3.14. The summed E-state index contributed by atoms with van der Waals surface area (Å²) in [7, 11) is 0. The van der Waals surface area contributed by atoms with Gasteiger partial charge in [-0.2, -0.15) is 0 Å². The highest BCUT2D eigenvalue weighted by atomic mass is 35.5. The third kappa shape index (κ3) is 5.47. The van der Waals surface area contributed by atoms with Crippen molar-refractivity contribution in [2.45, 2.75) is 25.8 Å². The van der Waals surface area contributed by atoms with Gasteiger partial charge in [0, 0.05) is 29.7 Å². The van der Waals surface area contributed by atoms with Crippen LogP contribution in [-0.4, -0.2) is 42.5 Å². The molecule has 0 spiro atoms. The van der Waals surface area contributed by atoms with Gasteiger partial charge in [-0.1, -0.05) is 29.3 Å². The van der Waals surface area contributed by atoms with Gasteiger partial charge in [-0.3, -0.25) is 9.59 Å². The summed E-state index contributed by atoms with van der Waals surface area (Å²) in [4.78, 5) is 26.4. The lowest BCUT2D eigenvalue weighted by molar-refractivity contribution is -0.134. The molecule has 1 fully saturated rings. The van der Waals surface area contributed by atoms with Crippen molar-refractivity contribution in [3.05, 3.63) is 64.7 Å². The molecular weight excluding hydrogens is 364 g/mol. The summed E-state index contributed by atoms with van der Waals surface area (Å²) in [5.74, 6) is 0.507. The van der Waals surface area contributed by atoms with Gasteiger partial charge < -0.3 is 15.0 Å². The van der Waals surface area contributed by atoms with Crippen LogP contribution in [0.1, 0.15) is 28.8 Å². The Balaban J connectivity index is 1.42. The summed E-state index contributed by atoms with van der Waals surface area (Å²) >= 11 is 5.83. The second-order valence-electron chi connectivity index (χ2n) is 6.74. The first-order valence-corrected chi connectivity index (χ1v) is 9.43. The fourth-order valence-electron chi connectivity index (χ4n) is 3.01. The molecule has 2 aromatic carbocycles. The number of likely N-dealkylation sites (tertiary alicyclic amines) is 1. The largest absolute Gasteiger partial charge is 0.484 e. The Morgan fingerprint density at radius 2 is 1.70 bits per heavy atom. The van der Waals surface area contributed by atoms with Gasteiger partial charge in [0.15, 0.2) is 6.61 Å². The van der Waals surface area contributed by atoms with Crippen molar-refractivity contribution in [1.29, 1.82) is 0 Å². The van der Waals surface area contributed by atoms with E-state index in [-0.39, 0.29) is 24.5 Å². The number of amides is 2. The third-order valence-corrected chi connectivity index (χ3v) is 4.92. The second kappa shape index (κ2) is 8.91. The summed E-state index contributed by atoms with van der Waals surface area (Å²) < 4.78 is 5.52. The number of ether oxygens (including phenoxy) is 1. The molecule has 1 N–H and O–H groups in total. The molecule has 1 aliphatic heterocycles. The zero-order chi connectivity index (χ0) is 19.2. The molecule has 2 amide bonds. The number of nitrogens with zero attached hydrogens (tertiary/aromatic N) is 1. The predicted octanol–water partition coefficient (Wildman–Crippen LogP) is 3.45. The van der Waals surface area contributed by atoms with Gasteiger partial charge >= 0.3 is 0 Å². The maximum Gasteiger partial charge on any atom is 0.260 e. The number of hydrogen-bond acceptors (Lipinski definition) is 3. The van der Waals surface area contributed by atoms with E-state index in [1.165, 1.54) is 0 Å². The first-order valence-electron chi connectivity index (χ1n) is 9.05. The summed E-state index contributed by atoms with van der Waals surface area (Å²) in [6, 6.07) is 14.5. The van der Waals surface area contributed by atoms with Crippen molar-refractivity contribution in [3.63, 3.8) is 0 Å². The van der Waals surface area contributed by atoms with E-state index in [0.29, 0.717) is 29.4 Å². The molecule has 27 heavy (non-hydrogen) atoms. The molecule has 1 heterocycles. The molecule has 0 aliphatic carbocycles. The van der Waals surface area contributed by atoms with Crippen molar-refractivity contribution < 1.29 is 14.3 Å². The topological polar surface area (TPSA) is 58.6 Å². The van der Waals surface area contributed by atoms with E-state index in [4.69, 9.17) is 16.3 Å². The Hall–Kier alpha value is -2.53. The number of carbonyl (C=O) groups excluding carboxylic acids is 2. The van der Waals surface area contributed by atoms with Crippen molar-refractivity contribution >= 4 is 23.4 Å². The van der Waals surface area contributed by atoms with Crippen molar-refractivity contribution in [2.75, 3.05) is 19.7 Å². The number of benzene rings is 2. The Bertz CT molecular complexity index is 782. The SMILES string of the molecule is Cc1ccc(C(=O)NC2CCN(C(=O)COc3ccc(Cl)cc3)CC2)cc1. The van der Waals surface area contributed by atoms with Crippen molar-refractivity contribution in [2.24, 2.45) is 0 Å². The first kappa shape index (κ1) is 19.2. The Labute approximate surface area is 164 Å². The molecule has 1 saturated heterocycles. The standard InChI is InChI=1S/C21H23ClN2O3/c1-15-2-4-16(5-3-15)21(26)23-18-10-12-24(13-11-18)20(25)14-27-19-8-6-17(22)7-9-19/h2-9,18H,10-14H2,1H3,(H,23,26). The van der Waals surface area contributed by atoms with Gasteiger partial charge in [-0.25, -0.2) is 0 Å². The van der Waals surface area contributed by atoms with E-state index < -0.39 is 0 Å². The van der Waals surface area contributed by atoms with E-state index in [1.807, 2.05) is 31.2 Å². The highest BCUT2D eigenvalue weighted by Gasteiger charge is 2.24. The van der Waals surface area contributed by atoms with Crippen LogP contribution >= 0.6 is 11.6 Å². The van der Waals surface area contributed by atoms with Crippen molar-refractivity contribution in [1.82, 2.24) is 10.2 Å². The molecule has 5 nitrogen and oxygen atoms in total. The van der Waals surface area contributed by atoms with Gasteiger partial charge in [-0.15, -0.1) is 0 Å². The van der Waals surface area contributed by atoms with Gasteiger partial charge in [0.25, 0.3) is 11.8 Å². The molecule has 1 aliphatic rings. The highest BCUT2D eigenvalue weighted by Crippen LogP contribution is 2.16. The predicted molar refractivity (Wildman–Crippen MR) is 105 cm³/mol. The monoisotopic (exact) mass is 386 g/mol. The maximum absolute atomic E-state index is 12.3. The molecular formula is C21H23ClN2O3. The van der Waals surface area contributed by atoms with Crippen LogP contribution in [0.25, 0.3) is 0 Å². The lowest BCUT2D eigenvalue weighted by Crippen LogP contribution is -2.47. The number of rotatable bonds is 5. The van der Waals surface area contributed by atoms with Crippen LogP contribution in [0.15, 0.2) is 48.5 Å². The molecule has 0 aromatic heterocycles. The number of nitrogens with one attached hydrogen (secondary N) is 1. The van der Waals surface area contributed by atoms with Gasteiger partial charge in [-0.05, 0) is 56.2 Å². The molecule has 3 rings (SSSR count). The van der Waals surface area contributed by atoms with Gasteiger partial charge in [0.1, 0.15) is 5.75 Å². The van der Waals surface area contributed by atoms with Gasteiger partial charge in [0.05, 0.1) is 0 Å². The zero-order valence-corrected chi connectivity index (χ0v) is 16.0. The smallest absolute Gasteiger partial charge is 0.260 e. The molecule has 0 saturated carbocycles. The van der Waals surface area contributed by atoms with E-state index in [0.717, 1.165) is 18.4 Å². The lowest BCUT2D eigenvalue weighted by Gasteiger charge is -2.32. The third-order valence-electron chi connectivity index (χ3n) is 4.67. The average Bonchev–Trinajstić information content (AvgIpc) is 2.68. The number of aryl methyl sites for hydroxylation is 1. The minimum Gasteiger partial charge on any atom is -0.484 e. The van der Waals surface area contributed by atoms with E-state index in [9.17, 15) is 9.59 Å². The average molecular weight is 387 g/mol. The van der Waals surface area contributed by atoms with Crippen LogP contribution < -0.4 is 10.1 Å². The molecule has 0 bridgehead atoms. The summed E-state index contributed by atoms with van der Waals surface area (Å²) in [5.41, 5.74) is 1.79. The molecule has 6 heteroatoms. The molecule has 0 radical (unpaired) electrons. The minimum absolute atomic E-state index is 0.00201. The molecule has 142 valence electrons. The molecule has 0 unspecified atom stereocenters. The van der Waals surface area contributed by atoms with Crippen LogP contribution in [0.3, 0.4) is 0 Å². The fraction of sp³-hybridized carbons (Fsp3) is 0.333. The van der Waals surface area contributed by atoms with Crippen LogP contribution in [0.2, 0.25) is 5.02 Å². The minimum atomic E-state index is -0.0640. The quantitative estimate of drug-likeness (QED) is 0.856. The lowest BCUT2D eigenvalue weighted by atomic mass is 10.0. The number of halogens is 1. The Morgan fingerprint density at radius 3 is 2.33 bits per heavy atom. The Kier molecular flexibility index (Phi) is 6.35. The second-order valence-corrected chi connectivity index (χ2v) is 7.17. The highest BCUT2D eigenvalue weighted by molar-refractivity contribution is 6.30.